The summed E-state index contributed by atoms with van der Waals surface area (Å²) < 4.78 is 12.9. The molecule has 100 valence electrons. The number of fused-ring (bicyclic) bond motifs is 2. The van der Waals surface area contributed by atoms with Crippen molar-refractivity contribution in [1.29, 1.82) is 0 Å². The predicted octanol–water partition coefficient (Wildman–Crippen LogP) is -0.948. The second-order valence-electron chi connectivity index (χ2n) is 4.17. The number of urea groups is 1. The topological polar surface area (TPSA) is 113 Å². The highest BCUT2D eigenvalue weighted by molar-refractivity contribution is 5.87. The van der Waals surface area contributed by atoms with Gasteiger partial charge in [-0.2, -0.15) is 5.06 Å². The fourth-order valence-corrected chi connectivity index (χ4v) is 2.21. The van der Waals surface area contributed by atoms with Gasteiger partial charge in [0, 0.05) is 6.54 Å². The molecule has 2 rings (SSSR count). The van der Waals surface area contributed by atoms with Gasteiger partial charge in [0.15, 0.2) is 0 Å². The van der Waals surface area contributed by atoms with Crippen LogP contribution in [-0.2, 0) is 14.4 Å². The normalized spacial score (nSPS) is 28.4. The maximum Gasteiger partial charge on any atom is 0.368 e. The van der Waals surface area contributed by atoms with Crippen molar-refractivity contribution in [3.8, 4) is 0 Å². The lowest BCUT2D eigenvalue weighted by Crippen LogP contribution is -2.47. The first-order valence-electron chi connectivity index (χ1n) is 5.34. The lowest BCUT2D eigenvalue weighted by Gasteiger charge is -2.27. The van der Waals surface area contributed by atoms with E-state index in [1.165, 1.54) is 4.90 Å². The fraction of sp³-hybridized carbons (Fsp3) is 0.667. The third-order valence-corrected chi connectivity index (χ3v) is 3.05. The highest BCUT2D eigenvalue weighted by Crippen LogP contribution is 2.30. The molecule has 0 aliphatic carbocycles. The van der Waals surface area contributed by atoms with E-state index in [1.807, 2.05) is 0 Å². The zero-order valence-corrected chi connectivity index (χ0v) is 9.28. The molecule has 8 nitrogen and oxygen atoms in total. The van der Waals surface area contributed by atoms with Gasteiger partial charge in [0.05, 0.1) is 6.04 Å². The Morgan fingerprint density at radius 2 is 2.17 bits per heavy atom. The number of nitrogens with zero attached hydrogens (tertiary/aromatic N) is 2. The number of primary amides is 1. The van der Waals surface area contributed by atoms with Gasteiger partial charge in [0.25, 0.3) is 0 Å². The van der Waals surface area contributed by atoms with Gasteiger partial charge in [-0.05, 0) is 12.8 Å². The van der Waals surface area contributed by atoms with Crippen LogP contribution in [0.25, 0.3) is 0 Å². The van der Waals surface area contributed by atoms with E-state index < -0.39 is 36.3 Å². The van der Waals surface area contributed by atoms with Crippen LogP contribution in [0.2, 0.25) is 0 Å². The molecule has 2 aliphatic heterocycles. The summed E-state index contributed by atoms with van der Waals surface area (Å²) in [4.78, 5) is 38.9. The first kappa shape index (κ1) is 12.6. The summed E-state index contributed by atoms with van der Waals surface area (Å²) in [5.41, 5.74) is 5.15. The molecule has 2 aliphatic rings. The van der Waals surface area contributed by atoms with Gasteiger partial charge in [-0.1, -0.05) is 0 Å². The van der Waals surface area contributed by atoms with E-state index >= 15 is 0 Å². The maximum atomic E-state index is 12.9. The minimum Gasteiger partial charge on any atom is -0.477 e. The number of halogens is 1. The number of rotatable bonds is 4. The van der Waals surface area contributed by atoms with E-state index in [4.69, 9.17) is 10.8 Å². The van der Waals surface area contributed by atoms with Crippen molar-refractivity contribution in [3.63, 3.8) is 0 Å². The fourth-order valence-electron chi connectivity index (χ4n) is 2.21. The van der Waals surface area contributed by atoms with Crippen molar-refractivity contribution in [2.24, 2.45) is 5.73 Å². The molecule has 9 heteroatoms. The third-order valence-electron chi connectivity index (χ3n) is 3.05. The molecule has 0 aromatic carbocycles. The van der Waals surface area contributed by atoms with Gasteiger partial charge in [-0.15, -0.1) is 0 Å². The SMILES string of the molecule is NC(=O)[C@@H]1CC[C@@H]2CN1C(=O)N2OC(F)C(=O)O. The molecule has 0 saturated carbocycles. The van der Waals surface area contributed by atoms with E-state index in [9.17, 15) is 18.8 Å². The minimum absolute atomic E-state index is 0.179. The van der Waals surface area contributed by atoms with Crippen molar-refractivity contribution in [1.82, 2.24) is 9.96 Å². The first-order chi connectivity index (χ1) is 8.41. The number of alkyl halides is 1. The molecular weight excluding hydrogens is 249 g/mol. The number of hydrogen-bond donors (Lipinski definition) is 2. The van der Waals surface area contributed by atoms with Crippen LogP contribution in [-0.4, -0.2) is 58.0 Å². The average Bonchev–Trinajstić information content (AvgIpc) is 2.54. The molecule has 2 bridgehead atoms. The molecule has 2 fully saturated rings. The summed E-state index contributed by atoms with van der Waals surface area (Å²) in [6.07, 6.45) is -1.85. The number of hydroxylamine groups is 2. The number of carbonyl (C=O) groups is 3. The van der Waals surface area contributed by atoms with Crippen LogP contribution in [0.5, 0.6) is 0 Å². The van der Waals surface area contributed by atoms with Crippen molar-refractivity contribution >= 4 is 17.9 Å². The second kappa shape index (κ2) is 4.41. The van der Waals surface area contributed by atoms with Crippen LogP contribution < -0.4 is 5.73 Å². The third kappa shape index (κ3) is 1.96. The lowest BCUT2D eigenvalue weighted by atomic mass is 10.0. The zero-order chi connectivity index (χ0) is 13.4. The molecule has 0 spiro atoms. The van der Waals surface area contributed by atoms with E-state index in [-0.39, 0.29) is 6.54 Å². The quantitative estimate of drug-likeness (QED) is 0.677. The molecule has 0 aromatic heterocycles. The van der Waals surface area contributed by atoms with Crippen LogP contribution in [0.15, 0.2) is 0 Å². The monoisotopic (exact) mass is 261 g/mol. The second-order valence-corrected chi connectivity index (χ2v) is 4.17. The number of aliphatic carboxylic acids is 1. The van der Waals surface area contributed by atoms with Crippen molar-refractivity contribution in [2.75, 3.05) is 6.54 Å². The summed E-state index contributed by atoms with van der Waals surface area (Å²) >= 11 is 0. The van der Waals surface area contributed by atoms with E-state index in [0.717, 1.165) is 0 Å². The molecule has 0 aromatic rings. The van der Waals surface area contributed by atoms with Crippen LogP contribution >= 0.6 is 0 Å². The molecule has 3 atom stereocenters. The Hall–Kier alpha value is -1.90. The summed E-state index contributed by atoms with van der Waals surface area (Å²) in [6, 6.07) is -1.93. The minimum atomic E-state index is -2.61. The van der Waals surface area contributed by atoms with Crippen LogP contribution in [0.1, 0.15) is 12.8 Å². The summed E-state index contributed by atoms with van der Waals surface area (Å²) in [5.74, 6) is -2.45. The Morgan fingerprint density at radius 1 is 1.50 bits per heavy atom. The van der Waals surface area contributed by atoms with Gasteiger partial charge >= 0.3 is 18.4 Å². The van der Waals surface area contributed by atoms with Gasteiger partial charge < -0.3 is 15.7 Å². The number of amides is 3. The molecule has 3 N–H and O–H groups in total. The maximum absolute atomic E-state index is 12.9. The lowest BCUT2D eigenvalue weighted by molar-refractivity contribution is -0.223. The van der Waals surface area contributed by atoms with E-state index in [1.54, 1.807) is 0 Å². The van der Waals surface area contributed by atoms with E-state index in [2.05, 4.69) is 4.84 Å². The number of nitrogens with two attached hydrogens (primary N) is 1. The number of carboxylic acids is 1. The summed E-state index contributed by atoms with van der Waals surface area (Å²) in [7, 11) is 0. The number of carbonyl (C=O) groups excluding carboxylic acids is 2. The molecule has 2 saturated heterocycles. The molecular formula is C9H12FN3O5. The predicted molar refractivity (Wildman–Crippen MR) is 53.6 cm³/mol. The largest absolute Gasteiger partial charge is 0.477 e. The Kier molecular flexibility index (Phi) is 3.07. The molecule has 18 heavy (non-hydrogen) atoms. The van der Waals surface area contributed by atoms with Gasteiger partial charge in [0.2, 0.25) is 5.91 Å². The molecule has 2 heterocycles. The van der Waals surface area contributed by atoms with Gasteiger partial charge in [0.1, 0.15) is 6.04 Å². The number of carboxylic acid groups (broad SMARTS) is 1. The van der Waals surface area contributed by atoms with Crippen molar-refractivity contribution in [3.05, 3.63) is 0 Å². The highest BCUT2D eigenvalue weighted by atomic mass is 19.1. The average molecular weight is 261 g/mol. The molecule has 1 unspecified atom stereocenters. The van der Waals surface area contributed by atoms with Crippen LogP contribution in [0.4, 0.5) is 9.18 Å². The highest BCUT2D eigenvalue weighted by Gasteiger charge is 2.48. The summed E-state index contributed by atoms with van der Waals surface area (Å²) in [5, 5.41) is 9.07. The summed E-state index contributed by atoms with van der Waals surface area (Å²) in [6.45, 7) is 0.179. The molecule has 3 amide bonds. The Bertz CT molecular complexity index is 404. The number of hydrogen-bond acceptors (Lipinski definition) is 4. The molecule has 0 radical (unpaired) electrons. The van der Waals surface area contributed by atoms with Crippen LogP contribution in [0, 0.1) is 0 Å². The Morgan fingerprint density at radius 3 is 2.72 bits per heavy atom. The smallest absolute Gasteiger partial charge is 0.368 e. The standard InChI is InChI=1S/C9H12FN3O5/c10-6(8(15)16)18-13-4-1-2-5(7(11)14)12(3-4)9(13)17/h4-6H,1-3H2,(H2,11,14)(H,15,16)/t4-,5+,6?/m1/s1. The van der Waals surface area contributed by atoms with Crippen LogP contribution in [0.3, 0.4) is 0 Å². The van der Waals surface area contributed by atoms with Crippen molar-refractivity contribution in [2.45, 2.75) is 31.3 Å². The van der Waals surface area contributed by atoms with Gasteiger partial charge in [-0.25, -0.2) is 18.8 Å². The Labute approximate surface area is 101 Å². The Balaban J connectivity index is 2.10. The van der Waals surface area contributed by atoms with Crippen molar-refractivity contribution < 1.29 is 28.7 Å². The first-order valence-corrected chi connectivity index (χ1v) is 5.34. The zero-order valence-electron chi connectivity index (χ0n) is 9.28. The van der Waals surface area contributed by atoms with E-state index in [0.29, 0.717) is 17.9 Å². The van der Waals surface area contributed by atoms with Gasteiger partial charge in [-0.3, -0.25) is 4.79 Å². The number of piperidine rings is 1.